The molecular formula is C17H25NO2. The fourth-order valence-electron chi connectivity index (χ4n) is 2.64. The monoisotopic (exact) mass is 275 g/mol. The topological polar surface area (TPSA) is 23.4 Å². The van der Waals surface area contributed by atoms with Crippen LogP contribution in [0.1, 0.15) is 32.8 Å². The van der Waals surface area contributed by atoms with Crippen LogP contribution in [0.25, 0.3) is 10.9 Å². The summed E-state index contributed by atoms with van der Waals surface area (Å²) in [5.41, 5.74) is 2.75. The van der Waals surface area contributed by atoms with Gasteiger partial charge < -0.3 is 14.0 Å². The number of rotatable bonds is 8. The molecule has 0 aliphatic heterocycles. The molecule has 0 saturated carbocycles. The van der Waals surface area contributed by atoms with E-state index in [9.17, 15) is 0 Å². The van der Waals surface area contributed by atoms with Gasteiger partial charge in [0, 0.05) is 32.4 Å². The van der Waals surface area contributed by atoms with Gasteiger partial charge in [-0.2, -0.15) is 0 Å². The van der Waals surface area contributed by atoms with Crippen molar-refractivity contribution >= 4 is 10.9 Å². The molecule has 0 aliphatic carbocycles. The minimum Gasteiger partial charge on any atom is -0.353 e. The number of fused-ring (bicyclic) bond motifs is 1. The molecule has 0 aliphatic rings. The van der Waals surface area contributed by atoms with Gasteiger partial charge >= 0.3 is 0 Å². The van der Waals surface area contributed by atoms with Crippen LogP contribution in [0, 0.1) is 0 Å². The molecule has 0 spiro atoms. The molecule has 0 amide bonds. The van der Waals surface area contributed by atoms with Crippen LogP contribution in [0.2, 0.25) is 0 Å². The summed E-state index contributed by atoms with van der Waals surface area (Å²) in [6, 6.07) is 8.70. The second kappa shape index (κ2) is 7.46. The second-order valence-corrected chi connectivity index (χ2v) is 4.85. The van der Waals surface area contributed by atoms with Crippen molar-refractivity contribution in [3.8, 4) is 0 Å². The van der Waals surface area contributed by atoms with Crippen molar-refractivity contribution in [3.63, 3.8) is 0 Å². The Kier molecular flexibility index (Phi) is 5.62. The lowest BCUT2D eigenvalue weighted by molar-refractivity contribution is -0.140. The van der Waals surface area contributed by atoms with Gasteiger partial charge in [0.15, 0.2) is 6.29 Å². The number of para-hydroxylation sites is 1. The lowest BCUT2D eigenvalue weighted by Crippen LogP contribution is -2.19. The highest BCUT2D eigenvalue weighted by Crippen LogP contribution is 2.21. The first-order chi connectivity index (χ1) is 9.80. The van der Waals surface area contributed by atoms with Gasteiger partial charge in [-0.3, -0.25) is 0 Å². The Morgan fingerprint density at radius 3 is 2.45 bits per heavy atom. The molecule has 20 heavy (non-hydrogen) atoms. The standard InChI is InChI=1S/C17H25NO2/c1-4-14-8-7-9-15-10-12-18(17(14)15)13-11-16(19-5-2)20-6-3/h7-10,12,16H,4-6,11,13H2,1-3H3. The Hall–Kier alpha value is -1.32. The molecule has 110 valence electrons. The maximum absolute atomic E-state index is 5.61. The molecular weight excluding hydrogens is 250 g/mol. The Balaban J connectivity index is 2.13. The highest BCUT2D eigenvalue weighted by molar-refractivity contribution is 5.83. The number of hydrogen-bond acceptors (Lipinski definition) is 2. The number of ether oxygens (including phenoxy) is 2. The largest absolute Gasteiger partial charge is 0.353 e. The summed E-state index contributed by atoms with van der Waals surface area (Å²) in [6.45, 7) is 8.52. The van der Waals surface area contributed by atoms with Crippen LogP contribution in [0.3, 0.4) is 0 Å². The number of nitrogens with zero attached hydrogens (tertiary/aromatic N) is 1. The maximum Gasteiger partial charge on any atom is 0.159 e. The zero-order valence-corrected chi connectivity index (χ0v) is 12.8. The summed E-state index contributed by atoms with van der Waals surface area (Å²) in [4.78, 5) is 0. The van der Waals surface area contributed by atoms with E-state index in [1.165, 1.54) is 16.5 Å². The Bertz CT molecular complexity index is 527. The first-order valence-corrected chi connectivity index (χ1v) is 7.60. The van der Waals surface area contributed by atoms with E-state index in [0.29, 0.717) is 13.2 Å². The van der Waals surface area contributed by atoms with Gasteiger partial charge in [-0.1, -0.05) is 25.1 Å². The molecule has 2 rings (SSSR count). The van der Waals surface area contributed by atoms with Crippen LogP contribution in [0.15, 0.2) is 30.5 Å². The van der Waals surface area contributed by atoms with E-state index in [-0.39, 0.29) is 6.29 Å². The van der Waals surface area contributed by atoms with E-state index in [2.05, 4.69) is 42.0 Å². The molecule has 0 unspecified atom stereocenters. The second-order valence-electron chi connectivity index (χ2n) is 4.85. The van der Waals surface area contributed by atoms with Crippen molar-refractivity contribution in [2.45, 2.75) is 46.4 Å². The summed E-state index contributed by atoms with van der Waals surface area (Å²) < 4.78 is 13.5. The Morgan fingerprint density at radius 1 is 1.05 bits per heavy atom. The molecule has 0 N–H and O–H groups in total. The van der Waals surface area contributed by atoms with Crippen molar-refractivity contribution < 1.29 is 9.47 Å². The third-order valence-electron chi connectivity index (χ3n) is 3.56. The maximum atomic E-state index is 5.61. The predicted octanol–water partition coefficient (Wildman–Crippen LogP) is 3.99. The average molecular weight is 275 g/mol. The molecule has 0 fully saturated rings. The van der Waals surface area contributed by atoms with Gasteiger partial charge in [0.1, 0.15) is 0 Å². The normalized spacial score (nSPS) is 11.6. The van der Waals surface area contributed by atoms with E-state index in [1.54, 1.807) is 0 Å². The van der Waals surface area contributed by atoms with Gasteiger partial charge in [-0.05, 0) is 37.3 Å². The summed E-state index contributed by atoms with van der Waals surface area (Å²) in [5, 5.41) is 1.31. The molecule has 1 aromatic heterocycles. The summed E-state index contributed by atoms with van der Waals surface area (Å²) >= 11 is 0. The van der Waals surface area contributed by atoms with Gasteiger partial charge in [0.2, 0.25) is 0 Å². The fourth-order valence-corrected chi connectivity index (χ4v) is 2.64. The van der Waals surface area contributed by atoms with Gasteiger partial charge in [-0.15, -0.1) is 0 Å². The van der Waals surface area contributed by atoms with Gasteiger partial charge in [0.05, 0.1) is 5.52 Å². The van der Waals surface area contributed by atoms with Crippen molar-refractivity contribution in [2.75, 3.05) is 13.2 Å². The van der Waals surface area contributed by atoms with Crippen molar-refractivity contribution in [1.82, 2.24) is 4.57 Å². The number of aromatic nitrogens is 1. The molecule has 2 aromatic rings. The predicted molar refractivity (Wildman–Crippen MR) is 83.0 cm³/mol. The summed E-state index contributed by atoms with van der Waals surface area (Å²) in [6.07, 6.45) is 4.00. The Morgan fingerprint density at radius 2 is 1.80 bits per heavy atom. The van der Waals surface area contributed by atoms with E-state index in [0.717, 1.165) is 19.4 Å². The van der Waals surface area contributed by atoms with Crippen LogP contribution < -0.4 is 0 Å². The lowest BCUT2D eigenvalue weighted by atomic mass is 10.1. The number of hydrogen-bond donors (Lipinski definition) is 0. The van der Waals surface area contributed by atoms with E-state index < -0.39 is 0 Å². The number of aryl methyl sites for hydroxylation is 2. The minimum absolute atomic E-state index is 0.101. The molecule has 0 saturated heterocycles. The third kappa shape index (κ3) is 3.41. The molecule has 3 nitrogen and oxygen atoms in total. The quantitative estimate of drug-likeness (QED) is 0.680. The van der Waals surface area contributed by atoms with Crippen molar-refractivity contribution in [2.24, 2.45) is 0 Å². The zero-order valence-electron chi connectivity index (χ0n) is 12.8. The summed E-state index contributed by atoms with van der Waals surface area (Å²) in [5.74, 6) is 0. The molecule has 3 heteroatoms. The smallest absolute Gasteiger partial charge is 0.159 e. The molecule has 0 atom stereocenters. The number of benzene rings is 1. The first-order valence-electron chi connectivity index (χ1n) is 7.60. The van der Waals surface area contributed by atoms with Crippen molar-refractivity contribution in [1.29, 1.82) is 0 Å². The van der Waals surface area contributed by atoms with E-state index >= 15 is 0 Å². The highest BCUT2D eigenvalue weighted by atomic mass is 16.7. The van der Waals surface area contributed by atoms with Crippen molar-refractivity contribution in [3.05, 3.63) is 36.0 Å². The zero-order chi connectivity index (χ0) is 14.4. The lowest BCUT2D eigenvalue weighted by Gasteiger charge is -2.18. The van der Waals surface area contributed by atoms with Gasteiger partial charge in [-0.25, -0.2) is 0 Å². The highest BCUT2D eigenvalue weighted by Gasteiger charge is 2.10. The first kappa shape index (κ1) is 15.1. The molecule has 1 aromatic carbocycles. The molecule has 0 radical (unpaired) electrons. The SMILES string of the molecule is CCOC(CCn1ccc2cccc(CC)c21)OCC. The van der Waals surface area contributed by atoms with E-state index in [4.69, 9.17) is 9.47 Å². The van der Waals surface area contributed by atoms with E-state index in [1.807, 2.05) is 13.8 Å². The van der Waals surface area contributed by atoms with Crippen LogP contribution in [0.4, 0.5) is 0 Å². The average Bonchev–Trinajstić information content (AvgIpc) is 2.88. The molecule has 0 bridgehead atoms. The minimum atomic E-state index is -0.101. The van der Waals surface area contributed by atoms with Crippen LogP contribution in [0.5, 0.6) is 0 Å². The molecule has 1 heterocycles. The summed E-state index contributed by atoms with van der Waals surface area (Å²) in [7, 11) is 0. The third-order valence-corrected chi connectivity index (χ3v) is 3.56. The van der Waals surface area contributed by atoms with Crippen LogP contribution in [-0.2, 0) is 22.4 Å². The Labute approximate surface area is 121 Å². The fraction of sp³-hybridized carbons (Fsp3) is 0.529. The van der Waals surface area contributed by atoms with Gasteiger partial charge in [0.25, 0.3) is 0 Å². The van der Waals surface area contributed by atoms with Crippen LogP contribution >= 0.6 is 0 Å². The van der Waals surface area contributed by atoms with Crippen LogP contribution in [-0.4, -0.2) is 24.1 Å².